The second kappa shape index (κ2) is 8.05. The lowest BCUT2D eigenvalue weighted by Crippen LogP contribution is -2.14. The van der Waals surface area contributed by atoms with Crippen molar-refractivity contribution >= 4 is 40.2 Å². The number of oxazole rings is 1. The highest BCUT2D eigenvalue weighted by molar-refractivity contribution is 7.99. The van der Waals surface area contributed by atoms with E-state index in [1.807, 2.05) is 24.3 Å². The van der Waals surface area contributed by atoms with Gasteiger partial charge in [0.05, 0.1) is 4.92 Å². The maximum Gasteiger partial charge on any atom is 0.311 e. The van der Waals surface area contributed by atoms with Gasteiger partial charge in [0.1, 0.15) is 11.3 Å². The van der Waals surface area contributed by atoms with Crippen LogP contribution in [-0.2, 0) is 0 Å². The third-order valence-electron chi connectivity index (χ3n) is 3.60. The lowest BCUT2D eigenvalue weighted by atomic mass is 10.3. The quantitative estimate of drug-likeness (QED) is 0.276. The van der Waals surface area contributed by atoms with Crippen LogP contribution in [0.4, 0.5) is 17.3 Å². The number of rotatable bonds is 8. The van der Waals surface area contributed by atoms with Gasteiger partial charge in [0.2, 0.25) is 5.82 Å². The van der Waals surface area contributed by atoms with Crippen LogP contribution in [0.1, 0.15) is 6.42 Å². The summed E-state index contributed by atoms with van der Waals surface area (Å²) in [4.78, 5) is 21.0. The van der Waals surface area contributed by atoms with E-state index in [0.717, 1.165) is 23.3 Å². The molecule has 0 aliphatic rings. The van der Waals surface area contributed by atoms with Gasteiger partial charge in [0.25, 0.3) is 5.22 Å². The number of nitro groups is 1. The minimum absolute atomic E-state index is 0.00735. The van der Waals surface area contributed by atoms with Gasteiger partial charge in [0, 0.05) is 32.5 Å². The van der Waals surface area contributed by atoms with Gasteiger partial charge in [-0.15, -0.1) is 0 Å². The van der Waals surface area contributed by atoms with Crippen molar-refractivity contribution in [2.45, 2.75) is 11.6 Å². The van der Waals surface area contributed by atoms with Crippen molar-refractivity contribution < 1.29 is 9.34 Å². The first kappa shape index (κ1) is 18.0. The van der Waals surface area contributed by atoms with Crippen LogP contribution in [0.2, 0.25) is 0 Å². The Hall–Kier alpha value is -2.81. The van der Waals surface area contributed by atoms with Crippen molar-refractivity contribution in [3.63, 3.8) is 0 Å². The van der Waals surface area contributed by atoms with Crippen LogP contribution < -0.4 is 10.2 Å². The molecule has 2 aromatic heterocycles. The Bertz CT molecular complexity index is 879. The highest BCUT2D eigenvalue weighted by atomic mass is 32.2. The molecule has 136 valence electrons. The molecule has 0 atom stereocenters. The molecule has 0 aliphatic heterocycles. The van der Waals surface area contributed by atoms with Gasteiger partial charge in [0.15, 0.2) is 5.58 Å². The molecule has 0 amide bonds. The van der Waals surface area contributed by atoms with Gasteiger partial charge in [-0.2, -0.15) is 0 Å². The molecule has 0 saturated heterocycles. The Balaban J connectivity index is 1.50. The Morgan fingerprint density at radius 2 is 2.04 bits per heavy atom. The number of anilines is 2. The standard InChI is InChI=1S/C17H19N5O3S/c1-21(2)16-13(22(23)24)8-9-15(20-16)18-10-5-11-26-17-19-12-6-3-4-7-14(12)25-17/h3-4,6-9H,5,10-11H2,1-2H3,(H,18,20). The molecule has 26 heavy (non-hydrogen) atoms. The van der Waals surface area contributed by atoms with Crippen molar-refractivity contribution in [2.75, 3.05) is 36.6 Å². The maximum absolute atomic E-state index is 11.0. The maximum atomic E-state index is 11.0. The number of nitrogens with one attached hydrogen (secondary N) is 1. The van der Waals surface area contributed by atoms with Gasteiger partial charge in [-0.3, -0.25) is 10.1 Å². The van der Waals surface area contributed by atoms with Crippen molar-refractivity contribution in [3.05, 3.63) is 46.5 Å². The Kier molecular flexibility index (Phi) is 5.57. The summed E-state index contributed by atoms with van der Waals surface area (Å²) >= 11 is 1.56. The number of para-hydroxylation sites is 2. The molecule has 0 saturated carbocycles. The fourth-order valence-corrected chi connectivity index (χ4v) is 3.15. The lowest BCUT2D eigenvalue weighted by molar-refractivity contribution is -0.384. The Morgan fingerprint density at radius 3 is 2.77 bits per heavy atom. The largest absolute Gasteiger partial charge is 0.431 e. The zero-order chi connectivity index (χ0) is 18.5. The summed E-state index contributed by atoms with van der Waals surface area (Å²) in [5.41, 5.74) is 1.64. The number of fused-ring (bicyclic) bond motifs is 1. The molecule has 2 heterocycles. The monoisotopic (exact) mass is 373 g/mol. The first-order valence-electron chi connectivity index (χ1n) is 8.09. The molecular formula is C17H19N5O3S. The van der Waals surface area contributed by atoms with Gasteiger partial charge < -0.3 is 14.6 Å². The van der Waals surface area contributed by atoms with Crippen LogP contribution >= 0.6 is 11.8 Å². The predicted molar refractivity (Wildman–Crippen MR) is 103 cm³/mol. The van der Waals surface area contributed by atoms with E-state index >= 15 is 0 Å². The third kappa shape index (κ3) is 4.23. The van der Waals surface area contributed by atoms with Gasteiger partial charge in [-0.05, 0) is 24.6 Å². The SMILES string of the molecule is CN(C)c1nc(NCCCSc2nc3ccccc3o2)ccc1[N+](=O)[O-]. The smallest absolute Gasteiger partial charge is 0.311 e. The van der Waals surface area contributed by atoms with Crippen LogP contribution in [0.3, 0.4) is 0 Å². The van der Waals surface area contributed by atoms with Crippen LogP contribution in [0.15, 0.2) is 46.0 Å². The molecule has 0 bridgehead atoms. The van der Waals surface area contributed by atoms with Gasteiger partial charge >= 0.3 is 5.69 Å². The second-order valence-corrected chi connectivity index (χ2v) is 6.81. The number of hydrogen-bond donors (Lipinski definition) is 1. The average molecular weight is 373 g/mol. The summed E-state index contributed by atoms with van der Waals surface area (Å²) in [5.74, 6) is 1.79. The van der Waals surface area contributed by atoms with Crippen LogP contribution in [0.5, 0.6) is 0 Å². The van der Waals surface area contributed by atoms with E-state index in [4.69, 9.17) is 4.42 Å². The number of aromatic nitrogens is 2. The molecule has 1 aromatic carbocycles. The molecule has 9 heteroatoms. The first-order chi connectivity index (χ1) is 12.5. The number of pyridine rings is 1. The normalized spacial score (nSPS) is 10.8. The highest BCUT2D eigenvalue weighted by Gasteiger charge is 2.17. The molecule has 0 spiro atoms. The summed E-state index contributed by atoms with van der Waals surface area (Å²) in [6, 6.07) is 10.8. The minimum Gasteiger partial charge on any atom is -0.431 e. The summed E-state index contributed by atoms with van der Waals surface area (Å²) < 4.78 is 5.66. The van der Waals surface area contributed by atoms with Crippen molar-refractivity contribution in [3.8, 4) is 0 Å². The van der Waals surface area contributed by atoms with Crippen LogP contribution in [0, 0.1) is 10.1 Å². The van der Waals surface area contributed by atoms with Gasteiger partial charge in [-0.25, -0.2) is 9.97 Å². The van der Waals surface area contributed by atoms with E-state index in [1.165, 1.54) is 6.07 Å². The number of hydrogen-bond acceptors (Lipinski definition) is 8. The van der Waals surface area contributed by atoms with E-state index in [2.05, 4.69) is 15.3 Å². The fourth-order valence-electron chi connectivity index (χ4n) is 2.37. The highest BCUT2D eigenvalue weighted by Crippen LogP contribution is 2.26. The summed E-state index contributed by atoms with van der Waals surface area (Å²) in [6.45, 7) is 0.699. The topological polar surface area (TPSA) is 97.3 Å². The summed E-state index contributed by atoms with van der Waals surface area (Å²) in [6.07, 6.45) is 0.874. The van der Waals surface area contributed by atoms with Crippen molar-refractivity contribution in [1.82, 2.24) is 9.97 Å². The zero-order valence-electron chi connectivity index (χ0n) is 14.5. The molecule has 3 rings (SSSR count). The second-order valence-electron chi connectivity index (χ2n) is 5.77. The lowest BCUT2D eigenvalue weighted by Gasteiger charge is -2.13. The summed E-state index contributed by atoms with van der Waals surface area (Å²) in [5, 5.41) is 14.9. The molecule has 1 N–H and O–H groups in total. The van der Waals surface area contributed by atoms with E-state index in [1.54, 1.807) is 36.8 Å². The van der Waals surface area contributed by atoms with E-state index in [-0.39, 0.29) is 5.69 Å². The number of benzene rings is 1. The molecule has 0 aliphatic carbocycles. The zero-order valence-corrected chi connectivity index (χ0v) is 15.3. The molecule has 0 fully saturated rings. The van der Waals surface area contributed by atoms with Gasteiger partial charge in [-0.1, -0.05) is 23.9 Å². The average Bonchev–Trinajstić information content (AvgIpc) is 3.03. The first-order valence-corrected chi connectivity index (χ1v) is 9.08. The molecule has 8 nitrogen and oxygen atoms in total. The predicted octanol–water partition coefficient (Wildman–Crippen LogP) is 3.79. The molecule has 0 radical (unpaired) electrons. The fraction of sp³-hybridized carbons (Fsp3) is 0.294. The summed E-state index contributed by atoms with van der Waals surface area (Å²) in [7, 11) is 3.46. The molecule has 0 unspecified atom stereocenters. The van der Waals surface area contributed by atoms with Crippen molar-refractivity contribution in [2.24, 2.45) is 0 Å². The molecule has 3 aromatic rings. The Labute approximate surface area is 154 Å². The minimum atomic E-state index is -0.427. The number of nitrogens with zero attached hydrogens (tertiary/aromatic N) is 4. The van der Waals surface area contributed by atoms with E-state index < -0.39 is 4.92 Å². The Morgan fingerprint density at radius 1 is 1.23 bits per heavy atom. The number of thioether (sulfide) groups is 1. The third-order valence-corrected chi connectivity index (χ3v) is 4.52. The van der Waals surface area contributed by atoms with Crippen LogP contribution in [0.25, 0.3) is 11.1 Å². The van der Waals surface area contributed by atoms with E-state index in [9.17, 15) is 10.1 Å². The van der Waals surface area contributed by atoms with Crippen LogP contribution in [-0.4, -0.2) is 41.3 Å². The van der Waals surface area contributed by atoms with E-state index in [0.29, 0.717) is 23.4 Å². The van der Waals surface area contributed by atoms with Crippen molar-refractivity contribution in [1.29, 1.82) is 0 Å². The molecular weight excluding hydrogens is 354 g/mol.